The summed E-state index contributed by atoms with van der Waals surface area (Å²) in [7, 11) is 1.63. The van der Waals surface area contributed by atoms with Crippen molar-refractivity contribution in [2.45, 2.75) is 6.92 Å². The molecular weight excluding hydrogens is 362 g/mol. The summed E-state index contributed by atoms with van der Waals surface area (Å²) in [5.41, 5.74) is 1.72. The van der Waals surface area contributed by atoms with Gasteiger partial charge in [0, 0.05) is 37.9 Å². The summed E-state index contributed by atoms with van der Waals surface area (Å²) in [4.78, 5) is 27.0. The minimum Gasteiger partial charge on any atom is -0.497 e. The molecule has 1 aliphatic rings. The quantitative estimate of drug-likeness (QED) is 0.561. The average Bonchev–Trinajstić information content (AvgIpc) is 2.72. The summed E-state index contributed by atoms with van der Waals surface area (Å²) in [5.74, 6) is 0.741. The number of piperazine rings is 1. The van der Waals surface area contributed by atoms with Crippen molar-refractivity contribution < 1.29 is 19.2 Å². The molecule has 8 nitrogen and oxygen atoms in total. The molecule has 0 atom stereocenters. The second kappa shape index (κ2) is 8.60. The second-order valence-corrected chi connectivity index (χ2v) is 6.58. The Kier molecular flexibility index (Phi) is 5.98. The highest BCUT2D eigenvalue weighted by Gasteiger charge is 2.23. The van der Waals surface area contributed by atoms with Crippen molar-refractivity contribution in [1.82, 2.24) is 4.90 Å². The van der Waals surface area contributed by atoms with Crippen LogP contribution in [-0.2, 0) is 4.79 Å². The van der Waals surface area contributed by atoms with Crippen molar-refractivity contribution in [2.75, 3.05) is 44.8 Å². The van der Waals surface area contributed by atoms with E-state index in [1.165, 1.54) is 12.1 Å². The molecule has 0 N–H and O–H groups in total. The van der Waals surface area contributed by atoms with Crippen LogP contribution in [0.5, 0.6) is 11.5 Å². The Morgan fingerprint density at radius 2 is 1.79 bits per heavy atom. The van der Waals surface area contributed by atoms with Crippen LogP contribution in [0.4, 0.5) is 11.4 Å². The molecular formula is C20H23N3O5. The maximum absolute atomic E-state index is 12.4. The van der Waals surface area contributed by atoms with Crippen LogP contribution >= 0.6 is 0 Å². The lowest BCUT2D eigenvalue weighted by atomic mass is 10.2. The van der Waals surface area contributed by atoms with Crippen LogP contribution in [0.3, 0.4) is 0 Å². The van der Waals surface area contributed by atoms with E-state index in [0.29, 0.717) is 26.2 Å². The fourth-order valence-corrected chi connectivity index (χ4v) is 3.13. The number of hydrogen-bond acceptors (Lipinski definition) is 6. The van der Waals surface area contributed by atoms with Crippen molar-refractivity contribution in [2.24, 2.45) is 0 Å². The van der Waals surface area contributed by atoms with E-state index in [4.69, 9.17) is 9.47 Å². The van der Waals surface area contributed by atoms with Gasteiger partial charge < -0.3 is 19.3 Å². The summed E-state index contributed by atoms with van der Waals surface area (Å²) in [6.45, 7) is 4.12. The average molecular weight is 385 g/mol. The summed E-state index contributed by atoms with van der Waals surface area (Å²) in [5, 5.41) is 11.1. The highest BCUT2D eigenvalue weighted by Crippen LogP contribution is 2.27. The molecule has 0 bridgehead atoms. The van der Waals surface area contributed by atoms with Gasteiger partial charge in [0.2, 0.25) is 0 Å². The third-order valence-electron chi connectivity index (χ3n) is 4.73. The molecule has 3 rings (SSSR count). The first kappa shape index (κ1) is 19.5. The second-order valence-electron chi connectivity index (χ2n) is 6.58. The number of anilines is 1. The Balaban J connectivity index is 1.53. The van der Waals surface area contributed by atoms with Crippen LogP contribution in [-0.4, -0.2) is 55.6 Å². The summed E-state index contributed by atoms with van der Waals surface area (Å²) in [6.07, 6.45) is 0. The van der Waals surface area contributed by atoms with Gasteiger partial charge >= 0.3 is 5.69 Å². The molecule has 0 spiro atoms. The van der Waals surface area contributed by atoms with E-state index in [2.05, 4.69) is 4.90 Å². The topological polar surface area (TPSA) is 85.2 Å². The molecule has 28 heavy (non-hydrogen) atoms. The Labute approximate surface area is 163 Å². The van der Waals surface area contributed by atoms with Gasteiger partial charge in [0.05, 0.1) is 12.0 Å². The third kappa shape index (κ3) is 4.51. The lowest BCUT2D eigenvalue weighted by molar-refractivity contribution is -0.385. The zero-order valence-electron chi connectivity index (χ0n) is 16.0. The zero-order valence-corrected chi connectivity index (χ0v) is 16.0. The Hall–Kier alpha value is -3.29. The number of carbonyl (C=O) groups is 1. The first-order chi connectivity index (χ1) is 13.5. The van der Waals surface area contributed by atoms with Crippen LogP contribution in [0, 0.1) is 17.0 Å². The fourth-order valence-electron chi connectivity index (χ4n) is 3.13. The Morgan fingerprint density at radius 3 is 2.39 bits per heavy atom. The largest absolute Gasteiger partial charge is 0.497 e. The van der Waals surface area contributed by atoms with Crippen molar-refractivity contribution in [3.8, 4) is 11.5 Å². The molecule has 148 valence electrons. The van der Waals surface area contributed by atoms with Gasteiger partial charge in [-0.3, -0.25) is 14.9 Å². The first-order valence-corrected chi connectivity index (χ1v) is 9.02. The maximum Gasteiger partial charge on any atom is 0.311 e. The lowest BCUT2D eigenvalue weighted by Crippen LogP contribution is -2.50. The van der Waals surface area contributed by atoms with Gasteiger partial charge in [-0.2, -0.15) is 0 Å². The standard InChI is InChI=1S/C20H23N3O5/c1-15-3-8-19(18(13-15)23(25)26)28-14-20(24)22-11-9-21(10-12-22)16-4-6-17(27-2)7-5-16/h3-8,13H,9-12,14H2,1-2H3. The highest BCUT2D eigenvalue weighted by atomic mass is 16.6. The van der Waals surface area contributed by atoms with Crippen LogP contribution in [0.15, 0.2) is 42.5 Å². The molecule has 0 unspecified atom stereocenters. The molecule has 0 aromatic heterocycles. The highest BCUT2D eigenvalue weighted by molar-refractivity contribution is 5.78. The SMILES string of the molecule is COc1ccc(N2CCN(C(=O)COc3ccc(C)cc3[N+](=O)[O-])CC2)cc1. The maximum atomic E-state index is 12.4. The minimum absolute atomic E-state index is 0.112. The molecule has 1 amide bonds. The van der Waals surface area contributed by atoms with E-state index in [-0.39, 0.29) is 24.0 Å². The van der Waals surface area contributed by atoms with Gasteiger partial charge in [0.15, 0.2) is 12.4 Å². The molecule has 2 aromatic rings. The van der Waals surface area contributed by atoms with Crippen molar-refractivity contribution in [3.63, 3.8) is 0 Å². The molecule has 8 heteroatoms. The summed E-state index contributed by atoms with van der Waals surface area (Å²) < 4.78 is 10.6. The van der Waals surface area contributed by atoms with Crippen LogP contribution in [0.25, 0.3) is 0 Å². The van der Waals surface area contributed by atoms with Gasteiger partial charge in [-0.1, -0.05) is 6.07 Å². The molecule has 1 heterocycles. The van der Waals surface area contributed by atoms with E-state index in [1.54, 1.807) is 25.0 Å². The minimum atomic E-state index is -0.500. The third-order valence-corrected chi connectivity index (χ3v) is 4.73. The number of aryl methyl sites for hydroxylation is 1. The number of amides is 1. The van der Waals surface area contributed by atoms with Gasteiger partial charge in [0.1, 0.15) is 5.75 Å². The Bertz CT molecular complexity index is 845. The van der Waals surface area contributed by atoms with E-state index >= 15 is 0 Å². The molecule has 0 saturated carbocycles. The molecule has 1 aliphatic heterocycles. The van der Waals surface area contributed by atoms with Crippen LogP contribution < -0.4 is 14.4 Å². The Morgan fingerprint density at radius 1 is 1.11 bits per heavy atom. The number of methoxy groups -OCH3 is 1. The predicted molar refractivity (Wildman–Crippen MR) is 105 cm³/mol. The number of carbonyl (C=O) groups excluding carboxylic acids is 1. The molecule has 1 fully saturated rings. The van der Waals surface area contributed by atoms with Gasteiger partial charge in [-0.15, -0.1) is 0 Å². The van der Waals surface area contributed by atoms with E-state index in [1.807, 2.05) is 24.3 Å². The monoisotopic (exact) mass is 385 g/mol. The number of nitro benzene ring substituents is 1. The number of benzene rings is 2. The summed E-state index contributed by atoms with van der Waals surface area (Å²) in [6, 6.07) is 12.5. The van der Waals surface area contributed by atoms with Gasteiger partial charge in [-0.25, -0.2) is 0 Å². The smallest absolute Gasteiger partial charge is 0.311 e. The summed E-state index contributed by atoms with van der Waals surface area (Å²) >= 11 is 0. The number of ether oxygens (including phenoxy) is 2. The number of nitro groups is 1. The van der Waals surface area contributed by atoms with Crippen LogP contribution in [0.1, 0.15) is 5.56 Å². The van der Waals surface area contributed by atoms with Crippen molar-refractivity contribution >= 4 is 17.3 Å². The van der Waals surface area contributed by atoms with E-state index in [9.17, 15) is 14.9 Å². The lowest BCUT2D eigenvalue weighted by Gasteiger charge is -2.36. The first-order valence-electron chi connectivity index (χ1n) is 9.02. The molecule has 0 aliphatic carbocycles. The normalized spacial score (nSPS) is 13.9. The van der Waals surface area contributed by atoms with Crippen molar-refractivity contribution in [3.05, 3.63) is 58.1 Å². The number of nitrogens with zero attached hydrogens (tertiary/aromatic N) is 3. The van der Waals surface area contributed by atoms with E-state index < -0.39 is 4.92 Å². The molecule has 1 saturated heterocycles. The molecule has 2 aromatic carbocycles. The van der Waals surface area contributed by atoms with Gasteiger partial charge in [-0.05, 0) is 42.8 Å². The van der Waals surface area contributed by atoms with Crippen LogP contribution in [0.2, 0.25) is 0 Å². The number of rotatable bonds is 6. The van der Waals surface area contributed by atoms with E-state index in [0.717, 1.165) is 17.0 Å². The van der Waals surface area contributed by atoms with Gasteiger partial charge in [0.25, 0.3) is 5.91 Å². The number of hydrogen-bond donors (Lipinski definition) is 0. The fraction of sp³-hybridized carbons (Fsp3) is 0.350. The zero-order chi connectivity index (χ0) is 20.1. The molecule has 0 radical (unpaired) electrons. The van der Waals surface area contributed by atoms with Crippen molar-refractivity contribution in [1.29, 1.82) is 0 Å². The predicted octanol–water partition coefficient (Wildman–Crippen LogP) is 2.64.